The molecule has 0 saturated heterocycles. The van der Waals surface area contributed by atoms with Gasteiger partial charge in [-0.25, -0.2) is 9.97 Å². The summed E-state index contributed by atoms with van der Waals surface area (Å²) in [6, 6.07) is 5.73. The molecule has 0 atom stereocenters. The molecule has 128 valence electrons. The molecule has 0 radical (unpaired) electrons. The Bertz CT molecular complexity index is 682. The lowest BCUT2D eigenvalue weighted by Gasteiger charge is -2.21. The van der Waals surface area contributed by atoms with Crippen molar-refractivity contribution in [3.8, 4) is 0 Å². The van der Waals surface area contributed by atoms with Gasteiger partial charge in [0.25, 0.3) is 5.91 Å². The molecular formula is C18H23BrN4O. The summed E-state index contributed by atoms with van der Waals surface area (Å²) in [6.45, 7) is 8.04. The van der Waals surface area contributed by atoms with E-state index in [1.807, 2.05) is 25.1 Å². The normalized spacial score (nSPS) is 10.5. The van der Waals surface area contributed by atoms with Gasteiger partial charge < -0.3 is 10.2 Å². The first-order valence-corrected chi connectivity index (χ1v) is 8.99. The lowest BCUT2D eigenvalue weighted by Crippen LogP contribution is -2.27. The summed E-state index contributed by atoms with van der Waals surface area (Å²) in [4.78, 5) is 23.2. The molecule has 0 fully saturated rings. The third-order valence-electron chi connectivity index (χ3n) is 3.61. The number of anilines is 2. The van der Waals surface area contributed by atoms with E-state index < -0.39 is 0 Å². The summed E-state index contributed by atoms with van der Waals surface area (Å²) in [6.07, 6.45) is 5.25. The molecule has 2 rings (SSSR count). The van der Waals surface area contributed by atoms with Gasteiger partial charge >= 0.3 is 0 Å². The summed E-state index contributed by atoms with van der Waals surface area (Å²) in [7, 11) is 0. The Morgan fingerprint density at radius 2 is 1.79 bits per heavy atom. The number of carbonyl (C=O) groups excluding carboxylic acids is 1. The number of hydrogen-bond donors (Lipinski definition) is 1. The quantitative estimate of drug-likeness (QED) is 0.759. The van der Waals surface area contributed by atoms with Gasteiger partial charge in [0, 0.05) is 35.6 Å². The highest BCUT2D eigenvalue weighted by molar-refractivity contribution is 9.10. The van der Waals surface area contributed by atoms with Gasteiger partial charge in [-0.05, 0) is 43.5 Å². The highest BCUT2D eigenvalue weighted by Crippen LogP contribution is 2.20. The second-order valence-electron chi connectivity index (χ2n) is 5.67. The first kappa shape index (κ1) is 18.4. The number of rotatable bonds is 7. The van der Waals surface area contributed by atoms with Crippen molar-refractivity contribution in [2.24, 2.45) is 0 Å². The first-order valence-electron chi connectivity index (χ1n) is 8.19. The van der Waals surface area contributed by atoms with Crippen molar-refractivity contribution < 1.29 is 4.79 Å². The highest BCUT2D eigenvalue weighted by Gasteiger charge is 2.12. The van der Waals surface area contributed by atoms with Gasteiger partial charge in [0.05, 0.1) is 5.56 Å². The zero-order valence-electron chi connectivity index (χ0n) is 14.3. The number of aromatic nitrogens is 2. The number of benzene rings is 1. The maximum Gasteiger partial charge on any atom is 0.258 e. The van der Waals surface area contributed by atoms with Crippen LogP contribution in [0.3, 0.4) is 0 Å². The van der Waals surface area contributed by atoms with Crippen LogP contribution in [0.2, 0.25) is 0 Å². The standard InChI is InChI=1S/C18H23BrN4O/c1-4-8-23(9-5-2)18-20-11-14(12-21-18)17(24)22-16-7-6-15(19)10-13(16)3/h6-7,10-12H,4-5,8-9H2,1-3H3,(H,22,24). The lowest BCUT2D eigenvalue weighted by molar-refractivity contribution is 0.102. The summed E-state index contributed by atoms with van der Waals surface area (Å²) in [5, 5.41) is 2.90. The molecule has 1 N–H and O–H groups in total. The molecule has 1 amide bonds. The van der Waals surface area contributed by atoms with Crippen molar-refractivity contribution in [1.29, 1.82) is 0 Å². The number of aryl methyl sites for hydroxylation is 1. The number of carbonyl (C=O) groups is 1. The van der Waals surface area contributed by atoms with E-state index in [1.165, 1.54) is 0 Å². The third-order valence-corrected chi connectivity index (χ3v) is 4.10. The number of hydrogen-bond acceptors (Lipinski definition) is 4. The minimum absolute atomic E-state index is 0.204. The first-order chi connectivity index (χ1) is 11.5. The number of amides is 1. The van der Waals surface area contributed by atoms with E-state index in [0.717, 1.165) is 41.7 Å². The fraction of sp³-hybridized carbons (Fsp3) is 0.389. The van der Waals surface area contributed by atoms with Crippen LogP contribution in [0, 0.1) is 6.92 Å². The molecule has 2 aromatic rings. The minimum atomic E-state index is -0.204. The Morgan fingerprint density at radius 1 is 1.17 bits per heavy atom. The predicted molar refractivity (Wildman–Crippen MR) is 102 cm³/mol. The van der Waals surface area contributed by atoms with Gasteiger partial charge in [-0.2, -0.15) is 0 Å². The second-order valence-corrected chi connectivity index (χ2v) is 6.59. The molecule has 0 aliphatic carbocycles. The minimum Gasteiger partial charge on any atom is -0.341 e. The van der Waals surface area contributed by atoms with Crippen LogP contribution in [-0.2, 0) is 0 Å². The van der Waals surface area contributed by atoms with E-state index in [9.17, 15) is 4.79 Å². The summed E-state index contributed by atoms with van der Waals surface area (Å²) >= 11 is 3.42. The van der Waals surface area contributed by atoms with Gasteiger partial charge in [0.15, 0.2) is 0 Å². The molecule has 1 aromatic carbocycles. The smallest absolute Gasteiger partial charge is 0.258 e. The molecule has 0 saturated carbocycles. The van der Waals surface area contributed by atoms with E-state index >= 15 is 0 Å². The van der Waals surface area contributed by atoms with Gasteiger partial charge in [-0.1, -0.05) is 29.8 Å². The van der Waals surface area contributed by atoms with Crippen molar-refractivity contribution >= 4 is 33.5 Å². The zero-order valence-corrected chi connectivity index (χ0v) is 15.9. The van der Waals surface area contributed by atoms with Crippen LogP contribution >= 0.6 is 15.9 Å². The number of nitrogens with zero attached hydrogens (tertiary/aromatic N) is 3. The monoisotopic (exact) mass is 390 g/mol. The molecule has 6 heteroatoms. The number of halogens is 1. The van der Waals surface area contributed by atoms with Crippen LogP contribution in [0.25, 0.3) is 0 Å². The molecule has 1 heterocycles. The van der Waals surface area contributed by atoms with Crippen LogP contribution in [0.4, 0.5) is 11.6 Å². The molecule has 0 bridgehead atoms. The average Bonchev–Trinajstić information content (AvgIpc) is 2.57. The summed E-state index contributed by atoms with van der Waals surface area (Å²) < 4.78 is 0.984. The van der Waals surface area contributed by atoms with Crippen LogP contribution < -0.4 is 10.2 Å². The van der Waals surface area contributed by atoms with Gasteiger partial charge in [0.2, 0.25) is 5.95 Å². The van der Waals surface area contributed by atoms with E-state index in [0.29, 0.717) is 11.5 Å². The molecule has 0 aliphatic heterocycles. The lowest BCUT2D eigenvalue weighted by atomic mass is 10.2. The molecule has 0 spiro atoms. The predicted octanol–water partition coefficient (Wildman–Crippen LogP) is 4.43. The SMILES string of the molecule is CCCN(CCC)c1ncc(C(=O)Nc2ccc(Br)cc2C)cn1. The van der Waals surface area contributed by atoms with E-state index in [-0.39, 0.29) is 5.91 Å². The Labute approximate surface area is 151 Å². The molecule has 0 aliphatic rings. The van der Waals surface area contributed by atoms with Crippen molar-refractivity contribution in [2.45, 2.75) is 33.6 Å². The molecule has 5 nitrogen and oxygen atoms in total. The van der Waals surface area contributed by atoms with Crippen LogP contribution in [0.1, 0.15) is 42.6 Å². The Morgan fingerprint density at radius 3 is 2.33 bits per heavy atom. The van der Waals surface area contributed by atoms with E-state index in [1.54, 1.807) is 12.4 Å². The Kier molecular flexibility index (Phi) is 6.73. The summed E-state index contributed by atoms with van der Waals surface area (Å²) in [5.41, 5.74) is 2.23. The van der Waals surface area contributed by atoms with Crippen molar-refractivity contribution in [1.82, 2.24) is 9.97 Å². The van der Waals surface area contributed by atoms with E-state index in [2.05, 4.69) is 50.0 Å². The van der Waals surface area contributed by atoms with Crippen molar-refractivity contribution in [3.05, 3.63) is 46.2 Å². The average molecular weight is 391 g/mol. The molecule has 0 unspecified atom stereocenters. The number of nitrogens with one attached hydrogen (secondary N) is 1. The zero-order chi connectivity index (χ0) is 17.5. The summed E-state index contributed by atoms with van der Waals surface area (Å²) in [5.74, 6) is 0.472. The maximum absolute atomic E-state index is 12.4. The van der Waals surface area contributed by atoms with Gasteiger partial charge in [-0.15, -0.1) is 0 Å². The van der Waals surface area contributed by atoms with Crippen LogP contribution in [-0.4, -0.2) is 29.0 Å². The molecule has 1 aromatic heterocycles. The van der Waals surface area contributed by atoms with Crippen molar-refractivity contribution in [3.63, 3.8) is 0 Å². The van der Waals surface area contributed by atoms with Gasteiger partial charge in [-0.3, -0.25) is 4.79 Å². The van der Waals surface area contributed by atoms with Crippen LogP contribution in [0.15, 0.2) is 35.1 Å². The molecular weight excluding hydrogens is 368 g/mol. The topological polar surface area (TPSA) is 58.1 Å². The Balaban J connectivity index is 2.10. The Hall–Kier alpha value is -1.95. The highest BCUT2D eigenvalue weighted by atomic mass is 79.9. The second kappa shape index (κ2) is 8.78. The molecule has 24 heavy (non-hydrogen) atoms. The van der Waals surface area contributed by atoms with E-state index in [4.69, 9.17) is 0 Å². The fourth-order valence-electron chi connectivity index (χ4n) is 2.42. The van der Waals surface area contributed by atoms with Gasteiger partial charge in [0.1, 0.15) is 0 Å². The van der Waals surface area contributed by atoms with Crippen molar-refractivity contribution in [2.75, 3.05) is 23.3 Å². The maximum atomic E-state index is 12.4. The largest absolute Gasteiger partial charge is 0.341 e. The fourth-order valence-corrected chi connectivity index (χ4v) is 2.89. The van der Waals surface area contributed by atoms with Crippen LogP contribution in [0.5, 0.6) is 0 Å². The third kappa shape index (κ3) is 4.77.